The molecule has 0 bridgehead atoms. The second-order valence-corrected chi connectivity index (χ2v) is 4.53. The summed E-state index contributed by atoms with van der Waals surface area (Å²) in [6.45, 7) is 0.493. The Bertz CT molecular complexity index is 756. The Morgan fingerprint density at radius 2 is 2.19 bits per heavy atom. The van der Waals surface area contributed by atoms with Crippen LogP contribution in [0.3, 0.4) is 0 Å². The molecule has 0 saturated heterocycles. The molecule has 21 heavy (non-hydrogen) atoms. The molecule has 0 aliphatic heterocycles. The van der Waals surface area contributed by atoms with Crippen molar-refractivity contribution in [3.05, 3.63) is 53.5 Å². The maximum Gasteiger partial charge on any atom is 0.240 e. The van der Waals surface area contributed by atoms with Gasteiger partial charge in [0.05, 0.1) is 30.3 Å². The molecule has 0 saturated carbocycles. The average Bonchev–Trinajstić information content (AvgIpc) is 2.85. The predicted octanol–water partition coefficient (Wildman–Crippen LogP) is 0.892. The molecular formula is C14H14N4O3. The molecule has 0 fully saturated rings. The number of fused-ring (bicyclic) bond motifs is 1. The zero-order valence-electron chi connectivity index (χ0n) is 11.4. The van der Waals surface area contributed by atoms with Gasteiger partial charge in [-0.05, 0) is 18.2 Å². The van der Waals surface area contributed by atoms with Crippen molar-refractivity contribution in [3.8, 4) is 5.88 Å². The van der Waals surface area contributed by atoms with E-state index in [2.05, 4.69) is 10.1 Å². The normalized spacial score (nSPS) is 12.5. The smallest absolute Gasteiger partial charge is 0.240 e. The largest absolute Gasteiger partial charge is 0.595 e. The van der Waals surface area contributed by atoms with E-state index in [9.17, 15) is 5.21 Å². The number of quaternary nitrogens is 1. The first-order valence-electron chi connectivity index (χ1n) is 6.37. The monoisotopic (exact) mass is 286 g/mol. The van der Waals surface area contributed by atoms with Crippen molar-refractivity contribution in [2.75, 3.05) is 7.11 Å². The lowest BCUT2D eigenvalue weighted by atomic mass is 10.2. The van der Waals surface area contributed by atoms with Gasteiger partial charge >= 0.3 is 0 Å². The third kappa shape index (κ3) is 2.57. The molecule has 0 aliphatic rings. The van der Waals surface area contributed by atoms with Crippen LogP contribution in [0.1, 0.15) is 5.69 Å². The molecule has 108 valence electrons. The molecule has 1 unspecified atom stereocenters. The Kier molecular flexibility index (Phi) is 3.53. The minimum Gasteiger partial charge on any atom is -0.595 e. The van der Waals surface area contributed by atoms with Gasteiger partial charge in [-0.25, -0.2) is 5.21 Å². The SMILES string of the molecule is COc1nn(Cc2ccccn2)c2ccc([NH+]([O-])O)cc12. The molecule has 0 amide bonds. The molecule has 0 aliphatic carbocycles. The Morgan fingerprint density at radius 3 is 2.86 bits per heavy atom. The molecule has 2 N–H and O–H groups in total. The third-order valence-electron chi connectivity index (χ3n) is 3.19. The summed E-state index contributed by atoms with van der Waals surface area (Å²) in [7, 11) is 1.51. The van der Waals surface area contributed by atoms with Crippen LogP contribution in [0.4, 0.5) is 5.69 Å². The van der Waals surface area contributed by atoms with Gasteiger partial charge in [0, 0.05) is 18.3 Å². The van der Waals surface area contributed by atoms with Crippen molar-refractivity contribution in [2.45, 2.75) is 6.54 Å². The summed E-state index contributed by atoms with van der Waals surface area (Å²) < 4.78 is 6.99. The molecule has 0 spiro atoms. The molecule has 7 heteroatoms. The topological polar surface area (TPSA) is 87.7 Å². The lowest BCUT2D eigenvalue weighted by Gasteiger charge is -2.11. The molecule has 1 aromatic carbocycles. The summed E-state index contributed by atoms with van der Waals surface area (Å²) >= 11 is 0. The van der Waals surface area contributed by atoms with Gasteiger partial charge in [-0.15, -0.1) is 5.10 Å². The molecular weight excluding hydrogens is 272 g/mol. The van der Waals surface area contributed by atoms with Crippen molar-refractivity contribution < 1.29 is 15.2 Å². The fourth-order valence-electron chi connectivity index (χ4n) is 2.20. The van der Waals surface area contributed by atoms with Crippen LogP contribution >= 0.6 is 0 Å². The van der Waals surface area contributed by atoms with Crippen LogP contribution in [0.5, 0.6) is 5.88 Å². The van der Waals surface area contributed by atoms with E-state index >= 15 is 0 Å². The van der Waals surface area contributed by atoms with Crippen LogP contribution < -0.4 is 9.96 Å². The quantitative estimate of drug-likeness (QED) is 0.695. The lowest BCUT2D eigenvalue weighted by Crippen LogP contribution is -2.99. The molecule has 7 nitrogen and oxygen atoms in total. The summed E-state index contributed by atoms with van der Waals surface area (Å²) in [4.78, 5) is 4.27. The number of nitrogens with one attached hydrogen (secondary N) is 1. The van der Waals surface area contributed by atoms with Crippen LogP contribution in [-0.4, -0.2) is 27.1 Å². The number of rotatable bonds is 4. The Morgan fingerprint density at radius 1 is 1.33 bits per heavy atom. The maximum atomic E-state index is 11.1. The van der Waals surface area contributed by atoms with Crippen molar-refractivity contribution in [3.63, 3.8) is 0 Å². The maximum absolute atomic E-state index is 11.1. The van der Waals surface area contributed by atoms with E-state index in [0.29, 0.717) is 17.8 Å². The Labute approximate surface area is 120 Å². The van der Waals surface area contributed by atoms with E-state index in [1.54, 1.807) is 29.1 Å². The molecule has 2 heterocycles. The van der Waals surface area contributed by atoms with Gasteiger partial charge in [-0.1, -0.05) is 6.07 Å². The van der Waals surface area contributed by atoms with Gasteiger partial charge in [0.1, 0.15) is 0 Å². The highest BCUT2D eigenvalue weighted by Gasteiger charge is 2.14. The number of benzene rings is 1. The van der Waals surface area contributed by atoms with Gasteiger partial charge in [-0.2, -0.15) is 5.23 Å². The average molecular weight is 286 g/mol. The van der Waals surface area contributed by atoms with Crippen LogP contribution in [0, 0.1) is 5.21 Å². The highest BCUT2D eigenvalue weighted by molar-refractivity contribution is 5.86. The van der Waals surface area contributed by atoms with E-state index in [1.807, 2.05) is 18.2 Å². The highest BCUT2D eigenvalue weighted by Crippen LogP contribution is 2.27. The Balaban J connectivity index is 2.07. The lowest BCUT2D eigenvalue weighted by molar-refractivity contribution is -0.991. The number of aromatic nitrogens is 3. The molecule has 3 aromatic rings. The standard InChI is InChI=1S/C14H14N4O3/c1-21-14-12-8-11(18(19)20)5-6-13(12)17(16-14)9-10-4-2-3-7-15-10/h2-8,18-19H,9H2,1H3. The highest BCUT2D eigenvalue weighted by atomic mass is 16.8. The fourth-order valence-corrected chi connectivity index (χ4v) is 2.20. The van der Waals surface area contributed by atoms with E-state index in [1.165, 1.54) is 7.11 Å². The van der Waals surface area contributed by atoms with Crippen LogP contribution in [0.15, 0.2) is 42.6 Å². The van der Waals surface area contributed by atoms with Crippen molar-refractivity contribution in [2.24, 2.45) is 0 Å². The fraction of sp³-hybridized carbons (Fsp3) is 0.143. The van der Waals surface area contributed by atoms with E-state index in [4.69, 9.17) is 9.94 Å². The summed E-state index contributed by atoms with van der Waals surface area (Å²) in [6.07, 6.45) is 1.72. The van der Waals surface area contributed by atoms with Crippen molar-refractivity contribution >= 4 is 16.6 Å². The van der Waals surface area contributed by atoms with Gasteiger partial charge in [0.25, 0.3) is 0 Å². The van der Waals surface area contributed by atoms with Crippen molar-refractivity contribution in [1.29, 1.82) is 0 Å². The van der Waals surface area contributed by atoms with Gasteiger partial charge in [0.2, 0.25) is 5.88 Å². The number of nitrogens with zero attached hydrogens (tertiary/aromatic N) is 3. The van der Waals surface area contributed by atoms with Crippen LogP contribution in [-0.2, 0) is 6.54 Å². The van der Waals surface area contributed by atoms with E-state index in [0.717, 1.165) is 11.2 Å². The first-order chi connectivity index (χ1) is 10.2. The summed E-state index contributed by atoms with van der Waals surface area (Å²) in [5.74, 6) is 0.407. The van der Waals surface area contributed by atoms with Gasteiger partial charge < -0.3 is 9.94 Å². The summed E-state index contributed by atoms with van der Waals surface area (Å²) in [6, 6.07) is 10.5. The van der Waals surface area contributed by atoms with Gasteiger partial charge in [0.15, 0.2) is 5.69 Å². The van der Waals surface area contributed by atoms with Crippen molar-refractivity contribution in [1.82, 2.24) is 14.8 Å². The molecule has 2 aromatic heterocycles. The Hall–Kier alpha value is -2.48. The second-order valence-electron chi connectivity index (χ2n) is 4.53. The van der Waals surface area contributed by atoms with Crippen LogP contribution in [0.25, 0.3) is 10.9 Å². The number of pyridine rings is 1. The third-order valence-corrected chi connectivity index (χ3v) is 3.19. The minimum absolute atomic E-state index is 0.207. The van der Waals surface area contributed by atoms with Crippen LogP contribution in [0.2, 0.25) is 0 Å². The van der Waals surface area contributed by atoms with Gasteiger partial charge in [-0.3, -0.25) is 9.67 Å². The first kappa shape index (κ1) is 13.5. The zero-order valence-corrected chi connectivity index (χ0v) is 11.4. The number of methoxy groups -OCH3 is 1. The molecule has 1 atom stereocenters. The molecule has 0 radical (unpaired) electrons. The van der Waals surface area contributed by atoms with E-state index < -0.39 is 5.23 Å². The molecule has 3 rings (SSSR count). The predicted molar refractivity (Wildman–Crippen MR) is 75.4 cm³/mol. The second kappa shape index (κ2) is 5.49. The number of ether oxygens (including phenoxy) is 1. The summed E-state index contributed by atoms with van der Waals surface area (Å²) in [5.41, 5.74) is 1.88. The minimum atomic E-state index is -0.976. The number of hydrogen-bond acceptors (Lipinski definition) is 5. The van der Waals surface area contributed by atoms with E-state index in [-0.39, 0.29) is 5.69 Å². The first-order valence-corrected chi connectivity index (χ1v) is 6.37. The summed E-state index contributed by atoms with van der Waals surface area (Å²) in [5, 5.41) is 24.2. The number of hydrogen-bond donors (Lipinski definition) is 2. The zero-order chi connectivity index (χ0) is 14.8.